The van der Waals surface area contributed by atoms with E-state index in [1.54, 1.807) is 105 Å². The van der Waals surface area contributed by atoms with Crippen LogP contribution in [0.25, 0.3) is 50.1 Å². The average molecular weight is 1000 g/mol. The molecule has 0 aliphatic heterocycles. The molecule has 0 saturated carbocycles. The number of nitrogens with two attached hydrogens (primary N) is 2. The number of carbonyl (C=O) groups excluding carboxylic acids is 1. The van der Waals surface area contributed by atoms with E-state index in [1.807, 2.05) is 12.1 Å². The molecule has 0 atom stereocenters. The first kappa shape index (κ1) is 52.8. The second-order valence-electron chi connectivity index (χ2n) is 15.0. The highest BCUT2D eigenvalue weighted by atomic mass is 31.2. The monoisotopic (exact) mass is 1000 g/mol. The minimum absolute atomic E-state index is 0.105. The number of anilines is 6. The number of nitriles is 4. The van der Waals surface area contributed by atoms with E-state index in [0.29, 0.717) is 52.8 Å². The average Bonchev–Trinajstić information content (AvgIpc) is 3.36. The van der Waals surface area contributed by atoms with E-state index in [4.69, 9.17) is 41.6 Å². The second-order valence-corrected chi connectivity index (χ2v) is 17.0. The van der Waals surface area contributed by atoms with Gasteiger partial charge in [-0.05, 0) is 110 Å². The Labute approximate surface area is 415 Å². The topological polar surface area (TPSA) is 275 Å². The molecule has 0 unspecified atom stereocenters. The summed E-state index contributed by atoms with van der Waals surface area (Å²) in [6, 6.07) is 34.6. The second kappa shape index (κ2) is 24.3. The maximum Gasteiger partial charge on any atom is 0.344 e. The highest BCUT2D eigenvalue weighted by Crippen LogP contribution is 2.47. The van der Waals surface area contributed by atoms with E-state index in [0.717, 1.165) is 30.3 Å². The van der Waals surface area contributed by atoms with Crippen molar-refractivity contribution in [2.75, 3.05) is 41.5 Å². The van der Waals surface area contributed by atoms with Gasteiger partial charge in [0.2, 0.25) is 11.9 Å². The zero-order valence-corrected chi connectivity index (χ0v) is 39.5. The van der Waals surface area contributed by atoms with Crippen LogP contribution in [0.15, 0.2) is 115 Å². The normalized spacial score (nSPS) is 10.7. The number of fused-ring (bicyclic) bond motifs is 2. The Kier molecular flexibility index (Phi) is 17.6. The van der Waals surface area contributed by atoms with Crippen LogP contribution in [0, 0.1) is 68.6 Å². The molecular formula is C52H39F4N12O4P. The smallest absolute Gasteiger partial charge is 0.344 e. The molecule has 6 aromatic carbocycles. The van der Waals surface area contributed by atoms with Gasteiger partial charge >= 0.3 is 7.60 Å². The zero-order valence-electron chi connectivity index (χ0n) is 38.6. The number of rotatable bonds is 13. The number of allylic oxidation sites excluding steroid dienone is 1. The fraction of sp³-hybridized carbons (Fsp3) is 0.0962. The predicted octanol–water partition coefficient (Wildman–Crippen LogP) is 11.7. The lowest BCUT2D eigenvalue weighted by Gasteiger charge is -2.12. The van der Waals surface area contributed by atoms with Crippen molar-refractivity contribution in [3.05, 3.63) is 161 Å². The summed E-state index contributed by atoms with van der Waals surface area (Å²) < 4.78 is 80.0. The Morgan fingerprint density at radius 1 is 0.616 bits per heavy atom. The molecule has 0 radical (unpaired) electrons. The summed E-state index contributed by atoms with van der Waals surface area (Å²) in [4.78, 5) is 28.2. The standard InChI is InChI=1S/C24H14F2N6.C22H13F2N5O.C6H12NO3P/c25-19-11-15(3-2-10-27)12-20(26)21(19)17-4-1-5-18-22(17)31-24(32-23(18)29)30-16-8-6-14(13-28)7-9-16;23-17-8-13(11-30)9-18(24)19(17)15-2-1-3-16-20(15)28-22(29-21(16)26)27-14-6-4-12(10-25)5-7-14;1-3-9-11(8,6-5-7)10-4-2/h1-9,11-12H,(H3,29,30,31,32);1-9,11H,(H3,26,27,28,29);3-4,6H2,1-2H3/b3-2+;;. The molecular weight excluding hydrogens is 964 g/mol. The largest absolute Gasteiger partial charge is 0.383 e. The van der Waals surface area contributed by atoms with Gasteiger partial charge in [-0.25, -0.2) is 27.5 Å². The van der Waals surface area contributed by atoms with E-state index >= 15 is 0 Å². The van der Waals surface area contributed by atoms with Crippen LogP contribution in [0.3, 0.4) is 0 Å². The number of nitrogen functional groups attached to an aromatic ring is 2. The maximum atomic E-state index is 14.9. The third-order valence-electron chi connectivity index (χ3n) is 10.1. The minimum atomic E-state index is -3.08. The van der Waals surface area contributed by atoms with Gasteiger partial charge in [0.15, 0.2) is 0 Å². The Hall–Kier alpha value is -9.56. The number of halogens is 4. The third kappa shape index (κ3) is 13.0. The lowest BCUT2D eigenvalue weighted by molar-refractivity contribution is 0.112. The van der Waals surface area contributed by atoms with Crippen LogP contribution in [0.1, 0.15) is 40.9 Å². The summed E-state index contributed by atoms with van der Waals surface area (Å²) in [5.41, 5.74) is 14.8. The molecule has 16 nitrogen and oxygen atoms in total. The van der Waals surface area contributed by atoms with Gasteiger partial charge < -0.3 is 31.1 Å². The zero-order chi connectivity index (χ0) is 52.7. The molecule has 0 aliphatic carbocycles. The highest BCUT2D eigenvalue weighted by Gasteiger charge is 2.23. The van der Waals surface area contributed by atoms with Gasteiger partial charge in [0.25, 0.3) is 0 Å². The number of aldehydes is 1. The molecule has 0 amide bonds. The summed E-state index contributed by atoms with van der Waals surface area (Å²) in [6.45, 7) is 4.03. The van der Waals surface area contributed by atoms with E-state index in [-0.39, 0.29) is 74.1 Å². The number of nitrogens with zero attached hydrogens (tertiary/aromatic N) is 8. The Morgan fingerprint density at radius 3 is 1.38 bits per heavy atom. The van der Waals surface area contributed by atoms with Crippen LogP contribution in [-0.4, -0.2) is 45.6 Å². The number of nitrogens with one attached hydrogen (secondary N) is 2. The Morgan fingerprint density at radius 2 is 1.03 bits per heavy atom. The third-order valence-corrected chi connectivity index (χ3v) is 12.0. The lowest BCUT2D eigenvalue weighted by atomic mass is 9.99. The van der Waals surface area contributed by atoms with E-state index < -0.39 is 30.9 Å². The van der Waals surface area contributed by atoms with Crippen molar-refractivity contribution in [1.82, 2.24) is 19.9 Å². The number of hydrogen-bond acceptors (Lipinski definition) is 16. The number of hydrogen-bond donors (Lipinski definition) is 4. The van der Waals surface area contributed by atoms with E-state index in [1.165, 1.54) is 12.1 Å². The van der Waals surface area contributed by atoms with Crippen LogP contribution in [0.2, 0.25) is 0 Å². The van der Waals surface area contributed by atoms with Gasteiger partial charge in [0, 0.05) is 44.9 Å². The molecule has 8 aromatic rings. The van der Waals surface area contributed by atoms with Crippen molar-refractivity contribution in [3.63, 3.8) is 0 Å². The molecule has 21 heteroatoms. The molecule has 8 rings (SSSR count). The SMILES string of the molecule is CCOP(=O)(CC#N)OCC.N#C/C=C/c1cc(F)c(-c2cccc3c(N)nc(Nc4ccc(C#N)cc4)nc23)c(F)c1.N#Cc1ccc(Nc2nc(N)c3cccc(-c4c(F)cc(C=O)cc4F)c3n2)cc1. The summed E-state index contributed by atoms with van der Waals surface area (Å²) in [5.74, 6) is -2.83. The highest BCUT2D eigenvalue weighted by molar-refractivity contribution is 7.54. The Bertz CT molecular complexity index is 3560. The van der Waals surface area contributed by atoms with E-state index in [9.17, 15) is 26.9 Å². The van der Waals surface area contributed by atoms with Gasteiger partial charge in [0.05, 0.1) is 70.8 Å². The van der Waals surface area contributed by atoms with Crippen LogP contribution in [0.4, 0.5) is 52.5 Å². The van der Waals surface area contributed by atoms with Crippen LogP contribution >= 0.6 is 7.60 Å². The van der Waals surface area contributed by atoms with Gasteiger partial charge in [0.1, 0.15) is 47.4 Å². The molecule has 6 N–H and O–H groups in total. The molecule has 364 valence electrons. The minimum Gasteiger partial charge on any atom is -0.383 e. The van der Waals surface area contributed by atoms with Crippen LogP contribution in [-0.2, 0) is 13.6 Å². The van der Waals surface area contributed by atoms with Gasteiger partial charge in [-0.3, -0.25) is 9.36 Å². The molecule has 0 fully saturated rings. The number of carbonyl (C=O) groups is 1. The first-order chi connectivity index (χ1) is 35.2. The van der Waals surface area contributed by atoms with Crippen molar-refractivity contribution in [2.45, 2.75) is 13.8 Å². The summed E-state index contributed by atoms with van der Waals surface area (Å²) in [5, 5.41) is 41.6. The van der Waals surface area contributed by atoms with Crippen molar-refractivity contribution in [2.24, 2.45) is 0 Å². The fourth-order valence-corrected chi connectivity index (χ4v) is 8.20. The predicted molar refractivity (Wildman–Crippen MR) is 269 cm³/mol. The molecule has 0 spiro atoms. The molecule has 2 aromatic heterocycles. The first-order valence-electron chi connectivity index (χ1n) is 21.6. The summed E-state index contributed by atoms with van der Waals surface area (Å²) in [6.07, 6.45) is 2.66. The van der Waals surface area contributed by atoms with Crippen molar-refractivity contribution in [3.8, 4) is 46.5 Å². The number of para-hydroxylation sites is 2. The lowest BCUT2D eigenvalue weighted by Crippen LogP contribution is -2.03. The summed E-state index contributed by atoms with van der Waals surface area (Å²) >= 11 is 0. The molecule has 73 heavy (non-hydrogen) atoms. The van der Waals surface area contributed by atoms with Gasteiger partial charge in [-0.1, -0.05) is 24.3 Å². The molecule has 0 aliphatic rings. The van der Waals surface area contributed by atoms with Gasteiger partial charge in [-0.15, -0.1) is 0 Å². The first-order valence-corrected chi connectivity index (χ1v) is 23.3. The van der Waals surface area contributed by atoms with Crippen molar-refractivity contribution in [1.29, 1.82) is 21.0 Å². The fourth-order valence-electron chi connectivity index (χ4n) is 6.99. The van der Waals surface area contributed by atoms with Gasteiger partial charge in [-0.2, -0.15) is 31.0 Å². The van der Waals surface area contributed by atoms with Crippen molar-refractivity contribution < 1.29 is 36.0 Å². The molecule has 0 bridgehead atoms. The molecule has 2 heterocycles. The number of aromatic nitrogens is 4. The van der Waals surface area contributed by atoms with Crippen LogP contribution in [0.5, 0.6) is 0 Å². The number of benzene rings is 6. The van der Waals surface area contributed by atoms with E-state index in [2.05, 4.69) is 30.6 Å². The quantitative estimate of drug-likeness (QED) is 0.0362. The maximum absolute atomic E-state index is 14.9. The molecule has 0 saturated heterocycles. The van der Waals surface area contributed by atoms with Crippen LogP contribution < -0.4 is 22.1 Å². The summed E-state index contributed by atoms with van der Waals surface area (Å²) in [7, 11) is -3.08. The Balaban J connectivity index is 0.000000199. The van der Waals surface area contributed by atoms with Crippen molar-refractivity contribution >= 4 is 76.7 Å².